The predicted octanol–water partition coefficient (Wildman–Crippen LogP) is 2.63. The summed E-state index contributed by atoms with van der Waals surface area (Å²) in [6.07, 6.45) is 1.37. The maximum absolute atomic E-state index is 13.6. The molecule has 1 heterocycles. The maximum Gasteiger partial charge on any atom is 0.236 e. The smallest absolute Gasteiger partial charge is 0.236 e. The Hall–Kier alpha value is -1.91. The van der Waals surface area contributed by atoms with Crippen molar-refractivity contribution in [2.24, 2.45) is 5.10 Å². The molecule has 20 heavy (non-hydrogen) atoms. The van der Waals surface area contributed by atoms with E-state index < -0.39 is 5.54 Å². The highest BCUT2D eigenvalue weighted by Gasteiger charge is 2.32. The molecule has 1 aliphatic heterocycles. The van der Waals surface area contributed by atoms with Crippen LogP contribution in [0.5, 0.6) is 0 Å². The van der Waals surface area contributed by atoms with Crippen LogP contribution in [-0.4, -0.2) is 17.2 Å². The highest BCUT2D eigenvalue weighted by molar-refractivity contribution is 6.01. The minimum absolute atomic E-state index is 0.200. The van der Waals surface area contributed by atoms with Gasteiger partial charge in [0, 0.05) is 19.0 Å². The Morgan fingerprint density at radius 1 is 1.50 bits per heavy atom. The standard InChI is InChI=1S/C15H20FN3O/c1-5-10-6-11(16)7-13-12(10)8-14(15(3,4)17-13)19-18-9(2)20/h6-7,17H,5,8H2,1-4H3,(H,18,20)/b19-14+. The molecule has 0 saturated heterocycles. The van der Waals surface area contributed by atoms with Crippen LogP contribution in [0.25, 0.3) is 0 Å². The zero-order valence-electron chi connectivity index (χ0n) is 12.3. The number of carbonyl (C=O) groups is 1. The average molecular weight is 277 g/mol. The van der Waals surface area contributed by atoms with Crippen molar-refractivity contribution < 1.29 is 9.18 Å². The fraction of sp³-hybridized carbons (Fsp3) is 0.467. The molecule has 0 saturated carbocycles. The molecule has 0 bridgehead atoms. The van der Waals surface area contributed by atoms with Crippen molar-refractivity contribution >= 4 is 17.3 Å². The topological polar surface area (TPSA) is 53.5 Å². The van der Waals surface area contributed by atoms with Gasteiger partial charge in [-0.05, 0) is 43.5 Å². The van der Waals surface area contributed by atoms with E-state index >= 15 is 0 Å². The van der Waals surface area contributed by atoms with Crippen molar-refractivity contribution in [3.8, 4) is 0 Å². The largest absolute Gasteiger partial charge is 0.374 e. The Bertz CT molecular complexity index is 579. The van der Waals surface area contributed by atoms with Gasteiger partial charge in [0.2, 0.25) is 5.91 Å². The van der Waals surface area contributed by atoms with Crippen molar-refractivity contribution in [2.45, 2.75) is 46.1 Å². The Balaban J connectivity index is 2.45. The van der Waals surface area contributed by atoms with Gasteiger partial charge in [0.25, 0.3) is 0 Å². The number of rotatable bonds is 2. The number of hydrogen-bond acceptors (Lipinski definition) is 3. The summed E-state index contributed by atoms with van der Waals surface area (Å²) in [4.78, 5) is 11.0. The van der Waals surface area contributed by atoms with Crippen LogP contribution in [0.2, 0.25) is 0 Å². The quantitative estimate of drug-likeness (QED) is 0.816. The summed E-state index contributed by atoms with van der Waals surface area (Å²) in [5.41, 5.74) is 5.74. The van der Waals surface area contributed by atoms with Crippen LogP contribution in [0.15, 0.2) is 17.2 Å². The number of carbonyl (C=O) groups excluding carboxylic acids is 1. The molecule has 1 aromatic carbocycles. The molecule has 108 valence electrons. The van der Waals surface area contributed by atoms with Gasteiger partial charge in [-0.25, -0.2) is 9.82 Å². The molecule has 0 spiro atoms. The third-order valence-electron chi connectivity index (χ3n) is 3.55. The predicted molar refractivity (Wildman–Crippen MR) is 78.4 cm³/mol. The molecule has 0 fully saturated rings. The number of hydrazone groups is 1. The van der Waals surface area contributed by atoms with Gasteiger partial charge in [-0.1, -0.05) is 6.92 Å². The fourth-order valence-corrected chi connectivity index (χ4v) is 2.45. The van der Waals surface area contributed by atoms with E-state index in [4.69, 9.17) is 0 Å². The minimum atomic E-state index is -0.422. The van der Waals surface area contributed by atoms with Crippen LogP contribution in [0.4, 0.5) is 10.1 Å². The minimum Gasteiger partial charge on any atom is -0.374 e. The monoisotopic (exact) mass is 277 g/mol. The van der Waals surface area contributed by atoms with Crippen molar-refractivity contribution in [3.63, 3.8) is 0 Å². The van der Waals surface area contributed by atoms with Gasteiger partial charge >= 0.3 is 0 Å². The summed E-state index contributed by atoms with van der Waals surface area (Å²) < 4.78 is 13.6. The maximum atomic E-state index is 13.6. The molecule has 2 rings (SSSR count). The van der Waals surface area contributed by atoms with Crippen LogP contribution in [0, 0.1) is 5.82 Å². The second-order valence-electron chi connectivity index (χ2n) is 5.60. The Morgan fingerprint density at radius 2 is 2.20 bits per heavy atom. The molecule has 0 aromatic heterocycles. The molecule has 5 heteroatoms. The Morgan fingerprint density at radius 3 is 2.80 bits per heavy atom. The van der Waals surface area contributed by atoms with Gasteiger partial charge in [-0.3, -0.25) is 4.79 Å². The van der Waals surface area contributed by atoms with E-state index in [-0.39, 0.29) is 11.7 Å². The first-order chi connectivity index (χ1) is 9.33. The van der Waals surface area contributed by atoms with E-state index in [9.17, 15) is 9.18 Å². The number of aryl methyl sites for hydroxylation is 1. The number of nitrogens with zero attached hydrogens (tertiary/aromatic N) is 1. The molecule has 1 aliphatic rings. The van der Waals surface area contributed by atoms with E-state index in [1.807, 2.05) is 20.8 Å². The molecule has 0 aliphatic carbocycles. The first-order valence-electron chi connectivity index (χ1n) is 6.76. The van der Waals surface area contributed by atoms with E-state index in [2.05, 4.69) is 15.8 Å². The van der Waals surface area contributed by atoms with Crippen LogP contribution in [0.1, 0.15) is 38.8 Å². The molecule has 2 N–H and O–H groups in total. The number of anilines is 1. The molecule has 0 atom stereocenters. The van der Waals surface area contributed by atoms with Gasteiger partial charge in [0.05, 0.1) is 11.3 Å². The van der Waals surface area contributed by atoms with Gasteiger partial charge in [0.1, 0.15) is 5.82 Å². The number of benzene rings is 1. The van der Waals surface area contributed by atoms with Crippen LogP contribution < -0.4 is 10.7 Å². The van der Waals surface area contributed by atoms with Crippen LogP contribution >= 0.6 is 0 Å². The zero-order valence-corrected chi connectivity index (χ0v) is 12.3. The SMILES string of the molecule is CCc1cc(F)cc2c1C/C(=N\NC(C)=O)C(C)(C)N2. The lowest BCUT2D eigenvalue weighted by molar-refractivity contribution is -0.118. The van der Waals surface area contributed by atoms with Crippen LogP contribution in [0.3, 0.4) is 0 Å². The second kappa shape index (κ2) is 5.23. The van der Waals surface area contributed by atoms with Gasteiger partial charge in [-0.15, -0.1) is 0 Å². The summed E-state index contributed by atoms with van der Waals surface area (Å²) in [5, 5.41) is 7.50. The summed E-state index contributed by atoms with van der Waals surface area (Å²) in [6, 6.07) is 3.08. The summed E-state index contributed by atoms with van der Waals surface area (Å²) >= 11 is 0. The Kier molecular flexibility index (Phi) is 3.79. The van der Waals surface area contributed by atoms with E-state index in [1.165, 1.54) is 13.0 Å². The van der Waals surface area contributed by atoms with Gasteiger partial charge < -0.3 is 5.32 Å². The van der Waals surface area contributed by atoms with Crippen molar-refractivity contribution in [2.75, 3.05) is 5.32 Å². The Labute approximate surface area is 118 Å². The number of nitrogens with one attached hydrogen (secondary N) is 2. The van der Waals surface area contributed by atoms with Gasteiger partial charge in [0.15, 0.2) is 0 Å². The number of hydrogen-bond donors (Lipinski definition) is 2. The van der Waals surface area contributed by atoms with E-state index in [0.29, 0.717) is 6.42 Å². The third kappa shape index (κ3) is 2.81. The summed E-state index contributed by atoms with van der Waals surface area (Å²) in [7, 11) is 0. The molecule has 0 radical (unpaired) electrons. The van der Waals surface area contributed by atoms with Crippen molar-refractivity contribution in [1.29, 1.82) is 0 Å². The highest BCUT2D eigenvalue weighted by Crippen LogP contribution is 2.32. The lowest BCUT2D eigenvalue weighted by Gasteiger charge is -2.36. The lowest BCUT2D eigenvalue weighted by atomic mass is 9.84. The molecule has 1 aromatic rings. The normalized spacial score (nSPS) is 18.4. The van der Waals surface area contributed by atoms with Gasteiger partial charge in [-0.2, -0.15) is 5.10 Å². The summed E-state index contributed by atoms with van der Waals surface area (Å²) in [5.74, 6) is -0.430. The molecule has 0 unspecified atom stereocenters. The second-order valence-corrected chi connectivity index (χ2v) is 5.60. The highest BCUT2D eigenvalue weighted by atomic mass is 19.1. The van der Waals surface area contributed by atoms with Crippen LogP contribution in [-0.2, 0) is 17.6 Å². The van der Waals surface area contributed by atoms with E-state index in [1.54, 1.807) is 6.07 Å². The molecule has 1 amide bonds. The molecular formula is C15H20FN3O. The van der Waals surface area contributed by atoms with E-state index in [0.717, 1.165) is 28.9 Å². The van der Waals surface area contributed by atoms with Crippen molar-refractivity contribution in [3.05, 3.63) is 29.1 Å². The van der Waals surface area contributed by atoms with Crippen molar-refractivity contribution in [1.82, 2.24) is 5.43 Å². The number of halogens is 1. The summed E-state index contributed by atoms with van der Waals surface area (Å²) in [6.45, 7) is 7.35. The average Bonchev–Trinajstić information content (AvgIpc) is 2.34. The lowest BCUT2D eigenvalue weighted by Crippen LogP contribution is -2.46. The fourth-order valence-electron chi connectivity index (χ4n) is 2.45. The first kappa shape index (κ1) is 14.5. The number of fused-ring (bicyclic) bond motifs is 1. The first-order valence-corrected chi connectivity index (χ1v) is 6.76. The third-order valence-corrected chi connectivity index (χ3v) is 3.55. The molecule has 4 nitrogen and oxygen atoms in total. The number of amides is 1. The zero-order chi connectivity index (χ0) is 14.9. The molecular weight excluding hydrogens is 257 g/mol.